The van der Waals surface area contributed by atoms with E-state index in [1.807, 2.05) is 31.1 Å². The zero-order chi connectivity index (χ0) is 28.5. The highest BCUT2D eigenvalue weighted by molar-refractivity contribution is 5.96. The van der Waals surface area contributed by atoms with Gasteiger partial charge in [-0.2, -0.15) is 13.2 Å². The van der Waals surface area contributed by atoms with Crippen LogP contribution in [0.25, 0.3) is 11.3 Å². The van der Waals surface area contributed by atoms with Crippen LogP contribution >= 0.6 is 0 Å². The highest BCUT2D eigenvalue weighted by Gasteiger charge is 2.45. The lowest BCUT2D eigenvalue weighted by Gasteiger charge is -2.50. The molecule has 12 heteroatoms. The number of rotatable bonds is 3. The highest BCUT2D eigenvalue weighted by Crippen LogP contribution is 2.39. The quantitative estimate of drug-likeness (QED) is 0.509. The van der Waals surface area contributed by atoms with Gasteiger partial charge in [0.2, 0.25) is 0 Å². The van der Waals surface area contributed by atoms with E-state index >= 15 is 0 Å². The SMILES string of the molecule is Cc1noc(C)c1C(=O)N1CCCC2(C1)CN(C(C)C)Cc1c(-c3ccccc3)ncn12.O=C(O)C(F)(F)F. The maximum atomic E-state index is 13.5. The number of hydrogen-bond donors (Lipinski definition) is 1. The number of carbonyl (C=O) groups is 2. The summed E-state index contributed by atoms with van der Waals surface area (Å²) < 4.78 is 39.4. The Morgan fingerprint density at radius 2 is 1.79 bits per heavy atom. The minimum atomic E-state index is -5.08. The van der Waals surface area contributed by atoms with Crippen LogP contribution in [0.3, 0.4) is 0 Å². The van der Waals surface area contributed by atoms with Gasteiger partial charge in [0.15, 0.2) is 0 Å². The molecule has 210 valence electrons. The standard InChI is InChI=1S/C25H31N5O2.C2HF3O2/c1-17(2)29-13-21-23(20-9-6-5-7-10-20)26-16-30(21)25(15-29)11-8-12-28(14-25)24(31)22-18(3)27-32-19(22)4;3-2(4,5)1(6)7/h5-7,9-10,16-17H,8,11-15H2,1-4H3;(H,6,7). The number of aryl methyl sites for hydroxylation is 2. The topological polar surface area (TPSA) is 105 Å². The van der Waals surface area contributed by atoms with Gasteiger partial charge in [-0.3, -0.25) is 9.69 Å². The van der Waals surface area contributed by atoms with Crippen LogP contribution in [0.2, 0.25) is 0 Å². The number of aliphatic carboxylic acids is 1. The molecule has 1 fully saturated rings. The molecule has 1 aromatic carbocycles. The maximum Gasteiger partial charge on any atom is 0.490 e. The second kappa shape index (κ2) is 10.8. The van der Waals surface area contributed by atoms with Gasteiger partial charge in [0.05, 0.1) is 28.9 Å². The van der Waals surface area contributed by atoms with E-state index in [9.17, 15) is 18.0 Å². The number of hydrogen-bond acceptors (Lipinski definition) is 6. The molecule has 0 aliphatic carbocycles. The molecule has 2 aromatic heterocycles. The van der Waals surface area contributed by atoms with E-state index in [0.29, 0.717) is 29.6 Å². The lowest BCUT2D eigenvalue weighted by atomic mass is 9.85. The largest absolute Gasteiger partial charge is 0.490 e. The summed E-state index contributed by atoms with van der Waals surface area (Å²) in [6.07, 6.45) is -1.10. The van der Waals surface area contributed by atoms with Crippen LogP contribution in [0.5, 0.6) is 0 Å². The lowest BCUT2D eigenvalue weighted by molar-refractivity contribution is -0.192. The van der Waals surface area contributed by atoms with Gasteiger partial charge in [0.1, 0.15) is 11.3 Å². The Kier molecular flexibility index (Phi) is 7.87. The van der Waals surface area contributed by atoms with Crippen LogP contribution < -0.4 is 0 Å². The minimum absolute atomic E-state index is 0.0203. The molecule has 9 nitrogen and oxygen atoms in total. The first kappa shape index (κ1) is 28.3. The van der Waals surface area contributed by atoms with Gasteiger partial charge < -0.3 is 19.1 Å². The third kappa shape index (κ3) is 5.70. The van der Waals surface area contributed by atoms with Gasteiger partial charge in [-0.1, -0.05) is 35.5 Å². The number of nitrogens with zero attached hydrogens (tertiary/aromatic N) is 5. The molecule has 2 aliphatic rings. The Morgan fingerprint density at radius 3 is 2.36 bits per heavy atom. The lowest BCUT2D eigenvalue weighted by Crippen LogP contribution is -2.60. The molecule has 2 aliphatic heterocycles. The molecule has 1 saturated heterocycles. The number of likely N-dealkylation sites (tertiary alicyclic amines) is 1. The Hall–Kier alpha value is -3.67. The number of alkyl halides is 3. The van der Waals surface area contributed by atoms with Crippen molar-refractivity contribution in [1.82, 2.24) is 24.5 Å². The van der Waals surface area contributed by atoms with Crippen LogP contribution in [-0.2, 0) is 16.9 Å². The monoisotopic (exact) mass is 547 g/mol. The van der Waals surface area contributed by atoms with Crippen molar-refractivity contribution in [3.05, 3.63) is 59.4 Å². The fourth-order valence-electron chi connectivity index (χ4n) is 5.40. The Labute approximate surface area is 224 Å². The number of imidazole rings is 1. The number of carbonyl (C=O) groups excluding carboxylic acids is 1. The number of halogens is 3. The molecule has 3 aromatic rings. The summed E-state index contributed by atoms with van der Waals surface area (Å²) in [7, 11) is 0. The van der Waals surface area contributed by atoms with Crippen LogP contribution in [0.15, 0.2) is 41.2 Å². The molecular formula is C27H32F3N5O4. The van der Waals surface area contributed by atoms with E-state index < -0.39 is 12.1 Å². The van der Waals surface area contributed by atoms with Crippen molar-refractivity contribution in [2.45, 2.75) is 64.8 Å². The third-order valence-corrected chi connectivity index (χ3v) is 7.34. The van der Waals surface area contributed by atoms with Crippen molar-refractivity contribution in [2.24, 2.45) is 0 Å². The first-order chi connectivity index (χ1) is 18.3. The van der Waals surface area contributed by atoms with Crippen molar-refractivity contribution in [2.75, 3.05) is 19.6 Å². The van der Waals surface area contributed by atoms with Gasteiger partial charge in [0, 0.05) is 37.8 Å². The zero-order valence-corrected chi connectivity index (χ0v) is 22.3. The van der Waals surface area contributed by atoms with Crippen LogP contribution in [-0.4, -0.2) is 73.3 Å². The number of carboxylic acid groups (broad SMARTS) is 1. The molecule has 4 heterocycles. The average molecular weight is 548 g/mol. The highest BCUT2D eigenvalue weighted by atomic mass is 19.4. The van der Waals surface area contributed by atoms with E-state index in [0.717, 1.165) is 43.7 Å². The van der Waals surface area contributed by atoms with Gasteiger partial charge in [-0.25, -0.2) is 9.78 Å². The molecule has 1 amide bonds. The van der Waals surface area contributed by atoms with Gasteiger partial charge in [-0.05, 0) is 40.5 Å². The summed E-state index contributed by atoms with van der Waals surface area (Å²) >= 11 is 0. The summed E-state index contributed by atoms with van der Waals surface area (Å²) in [5.41, 5.74) is 4.50. The Bertz CT molecular complexity index is 1320. The Balaban J connectivity index is 0.000000448. The molecule has 39 heavy (non-hydrogen) atoms. The molecule has 1 spiro atoms. The molecule has 0 radical (unpaired) electrons. The predicted molar refractivity (Wildman–Crippen MR) is 136 cm³/mol. The number of piperidine rings is 1. The predicted octanol–water partition coefficient (Wildman–Crippen LogP) is 4.64. The summed E-state index contributed by atoms with van der Waals surface area (Å²) in [6.45, 7) is 11.3. The minimum Gasteiger partial charge on any atom is -0.475 e. The molecule has 0 saturated carbocycles. The second-order valence-corrected chi connectivity index (χ2v) is 10.3. The summed E-state index contributed by atoms with van der Waals surface area (Å²) in [4.78, 5) is 31.7. The van der Waals surface area contributed by atoms with E-state index in [-0.39, 0.29) is 11.4 Å². The van der Waals surface area contributed by atoms with Crippen molar-refractivity contribution in [3.63, 3.8) is 0 Å². The number of aromatic nitrogens is 3. The molecule has 1 N–H and O–H groups in total. The van der Waals surface area contributed by atoms with Crippen molar-refractivity contribution in [3.8, 4) is 11.3 Å². The van der Waals surface area contributed by atoms with E-state index in [2.05, 4.69) is 52.7 Å². The average Bonchev–Trinajstić information content (AvgIpc) is 3.47. The van der Waals surface area contributed by atoms with Crippen molar-refractivity contribution in [1.29, 1.82) is 0 Å². The van der Waals surface area contributed by atoms with E-state index in [1.54, 1.807) is 0 Å². The van der Waals surface area contributed by atoms with E-state index in [4.69, 9.17) is 19.4 Å². The first-order valence-corrected chi connectivity index (χ1v) is 12.7. The van der Waals surface area contributed by atoms with Crippen LogP contribution in [0, 0.1) is 13.8 Å². The molecular weight excluding hydrogens is 515 g/mol. The first-order valence-electron chi connectivity index (χ1n) is 12.7. The van der Waals surface area contributed by atoms with E-state index in [1.165, 1.54) is 5.69 Å². The molecule has 5 rings (SSSR count). The number of fused-ring (bicyclic) bond motifs is 2. The third-order valence-electron chi connectivity index (χ3n) is 7.34. The van der Waals surface area contributed by atoms with Crippen molar-refractivity contribution < 1.29 is 32.4 Å². The van der Waals surface area contributed by atoms with Gasteiger partial charge in [0.25, 0.3) is 5.91 Å². The number of carboxylic acids is 1. The summed E-state index contributed by atoms with van der Waals surface area (Å²) in [6, 6.07) is 10.8. The van der Waals surface area contributed by atoms with Gasteiger partial charge >= 0.3 is 12.1 Å². The zero-order valence-electron chi connectivity index (χ0n) is 22.3. The van der Waals surface area contributed by atoms with Crippen LogP contribution in [0.4, 0.5) is 13.2 Å². The fourth-order valence-corrected chi connectivity index (χ4v) is 5.40. The number of amides is 1. The van der Waals surface area contributed by atoms with Crippen LogP contribution in [0.1, 0.15) is 54.2 Å². The normalized spacial score (nSPS) is 19.5. The second-order valence-electron chi connectivity index (χ2n) is 10.3. The molecule has 1 unspecified atom stereocenters. The summed E-state index contributed by atoms with van der Waals surface area (Å²) in [5, 5.41) is 11.1. The number of benzene rings is 1. The Morgan fingerprint density at radius 1 is 1.13 bits per heavy atom. The fraction of sp³-hybridized carbons (Fsp3) is 0.481. The molecule has 1 atom stereocenters. The summed E-state index contributed by atoms with van der Waals surface area (Å²) in [5.74, 6) is -2.14. The smallest absolute Gasteiger partial charge is 0.475 e. The molecule has 0 bridgehead atoms. The maximum absolute atomic E-state index is 13.5. The van der Waals surface area contributed by atoms with Gasteiger partial charge in [-0.15, -0.1) is 0 Å². The van der Waals surface area contributed by atoms with Crippen molar-refractivity contribution >= 4 is 11.9 Å².